The number of carboxylic acid groups (broad SMARTS) is 1. The zero-order valence-corrected chi connectivity index (χ0v) is 15.5. The molecule has 0 saturated heterocycles. The number of hydrogen-bond donors (Lipinski definition) is 1. The maximum Gasteiger partial charge on any atom is 0.306 e. The Hall–Kier alpha value is -2.80. The Morgan fingerprint density at radius 2 is 1.77 bits per heavy atom. The highest BCUT2D eigenvalue weighted by Gasteiger charge is 2.10. The number of methoxy groups -OCH3 is 1. The molecule has 0 fully saturated rings. The molecular weight excluding hydrogens is 402 g/mol. The first-order valence-corrected chi connectivity index (χ1v) is 8.62. The summed E-state index contributed by atoms with van der Waals surface area (Å²) in [5.41, 5.74) is 0.702. The molecule has 134 valence electrons. The van der Waals surface area contributed by atoms with Crippen molar-refractivity contribution >= 4 is 32.8 Å². The molecule has 7 heteroatoms. The topological polar surface area (TPSA) is 77.9 Å². The third-order valence-corrected chi connectivity index (χ3v) is 4.20. The number of rotatable bonds is 7. The number of pyridine rings is 1. The summed E-state index contributed by atoms with van der Waals surface area (Å²) in [6.07, 6.45) is -0.0450. The summed E-state index contributed by atoms with van der Waals surface area (Å²) >= 11 is 3.45. The Kier molecular flexibility index (Phi) is 5.58. The fraction of sp³-hybridized carbons (Fsp3) is 0.158. The SMILES string of the molecule is COc1c(Br)ccc2ccc(Oc3ccc(OCCC(=O)O)cc3)nc12. The lowest BCUT2D eigenvalue weighted by Crippen LogP contribution is -2.04. The van der Waals surface area contributed by atoms with Crippen LogP contribution >= 0.6 is 15.9 Å². The van der Waals surface area contributed by atoms with Gasteiger partial charge in [0.05, 0.1) is 24.6 Å². The van der Waals surface area contributed by atoms with E-state index in [1.165, 1.54) is 0 Å². The van der Waals surface area contributed by atoms with Crippen LogP contribution in [0.15, 0.2) is 53.0 Å². The molecular formula is C19H16BrNO5. The normalized spacial score (nSPS) is 10.5. The summed E-state index contributed by atoms with van der Waals surface area (Å²) in [7, 11) is 1.60. The van der Waals surface area contributed by atoms with Crippen molar-refractivity contribution in [2.45, 2.75) is 6.42 Å². The zero-order chi connectivity index (χ0) is 18.5. The van der Waals surface area contributed by atoms with E-state index in [0.717, 1.165) is 9.86 Å². The van der Waals surface area contributed by atoms with Gasteiger partial charge in [0.1, 0.15) is 17.0 Å². The van der Waals surface area contributed by atoms with Crippen LogP contribution in [0.5, 0.6) is 23.1 Å². The highest BCUT2D eigenvalue weighted by atomic mass is 79.9. The van der Waals surface area contributed by atoms with Crippen molar-refractivity contribution in [2.75, 3.05) is 13.7 Å². The van der Waals surface area contributed by atoms with Gasteiger partial charge in [0.15, 0.2) is 5.75 Å². The van der Waals surface area contributed by atoms with Gasteiger partial charge in [-0.05, 0) is 52.3 Å². The molecule has 0 atom stereocenters. The molecule has 0 radical (unpaired) electrons. The second-order valence-corrected chi connectivity index (χ2v) is 6.22. The molecule has 1 heterocycles. The smallest absolute Gasteiger partial charge is 0.306 e. The van der Waals surface area contributed by atoms with Gasteiger partial charge in [-0.15, -0.1) is 0 Å². The molecule has 6 nitrogen and oxygen atoms in total. The molecule has 0 amide bonds. The van der Waals surface area contributed by atoms with Gasteiger partial charge in [0, 0.05) is 11.5 Å². The number of fused-ring (bicyclic) bond motifs is 1. The van der Waals surface area contributed by atoms with Gasteiger partial charge in [-0.1, -0.05) is 6.07 Å². The van der Waals surface area contributed by atoms with E-state index >= 15 is 0 Å². The molecule has 1 aromatic heterocycles. The number of aliphatic carboxylic acids is 1. The van der Waals surface area contributed by atoms with E-state index in [9.17, 15) is 4.79 Å². The fourth-order valence-corrected chi connectivity index (χ4v) is 2.83. The van der Waals surface area contributed by atoms with E-state index in [-0.39, 0.29) is 13.0 Å². The van der Waals surface area contributed by atoms with Crippen LogP contribution in [0, 0.1) is 0 Å². The monoisotopic (exact) mass is 417 g/mol. The number of halogens is 1. The number of carboxylic acids is 1. The highest BCUT2D eigenvalue weighted by Crippen LogP contribution is 2.34. The molecule has 3 aromatic rings. The number of hydrogen-bond acceptors (Lipinski definition) is 5. The van der Waals surface area contributed by atoms with E-state index in [1.54, 1.807) is 37.4 Å². The van der Waals surface area contributed by atoms with Crippen molar-refractivity contribution in [2.24, 2.45) is 0 Å². The van der Waals surface area contributed by atoms with Crippen molar-refractivity contribution in [3.63, 3.8) is 0 Å². The molecule has 0 aliphatic rings. The Balaban J connectivity index is 1.75. The predicted octanol–water partition coefficient (Wildman–Crippen LogP) is 4.65. The Bertz CT molecular complexity index is 927. The van der Waals surface area contributed by atoms with Crippen molar-refractivity contribution in [1.29, 1.82) is 0 Å². The van der Waals surface area contributed by atoms with E-state index in [1.807, 2.05) is 18.2 Å². The van der Waals surface area contributed by atoms with Crippen LogP contribution in [0.25, 0.3) is 10.9 Å². The fourth-order valence-electron chi connectivity index (χ4n) is 2.35. The van der Waals surface area contributed by atoms with E-state index in [2.05, 4.69) is 20.9 Å². The summed E-state index contributed by atoms with van der Waals surface area (Å²) in [6, 6.07) is 14.5. The zero-order valence-electron chi connectivity index (χ0n) is 13.9. The largest absolute Gasteiger partial charge is 0.493 e. The van der Waals surface area contributed by atoms with Gasteiger partial charge >= 0.3 is 5.97 Å². The molecule has 0 spiro atoms. The number of benzene rings is 2. The van der Waals surface area contributed by atoms with Gasteiger partial charge in [-0.2, -0.15) is 0 Å². The Labute approximate surface area is 158 Å². The van der Waals surface area contributed by atoms with Crippen molar-refractivity contribution in [3.05, 3.63) is 53.0 Å². The lowest BCUT2D eigenvalue weighted by molar-refractivity contribution is -0.137. The summed E-state index contributed by atoms with van der Waals surface area (Å²) in [6.45, 7) is 0.121. The Morgan fingerprint density at radius 3 is 2.46 bits per heavy atom. The van der Waals surface area contributed by atoms with Crippen LogP contribution in [-0.2, 0) is 4.79 Å². The van der Waals surface area contributed by atoms with Gasteiger partial charge in [-0.3, -0.25) is 4.79 Å². The second kappa shape index (κ2) is 8.05. The van der Waals surface area contributed by atoms with E-state index in [4.69, 9.17) is 19.3 Å². The quantitative estimate of drug-likeness (QED) is 0.602. The maximum atomic E-state index is 10.5. The molecule has 3 rings (SSSR count). The minimum Gasteiger partial charge on any atom is -0.493 e. The standard InChI is InChI=1S/C19H16BrNO5/c1-24-19-15(20)8-2-12-3-9-16(21-18(12)19)26-14-6-4-13(5-7-14)25-11-10-17(22)23/h2-9H,10-11H2,1H3,(H,22,23). The Morgan fingerprint density at radius 1 is 1.08 bits per heavy atom. The van der Waals surface area contributed by atoms with Crippen LogP contribution < -0.4 is 14.2 Å². The van der Waals surface area contributed by atoms with E-state index < -0.39 is 5.97 Å². The first-order valence-electron chi connectivity index (χ1n) is 7.82. The van der Waals surface area contributed by atoms with Crippen LogP contribution in [0.4, 0.5) is 0 Å². The minimum atomic E-state index is -0.894. The molecule has 0 unspecified atom stereocenters. The molecule has 2 aromatic carbocycles. The molecule has 0 bridgehead atoms. The molecule has 0 aliphatic heterocycles. The molecule has 0 saturated carbocycles. The summed E-state index contributed by atoms with van der Waals surface area (Å²) in [5.74, 6) is 1.37. The average Bonchev–Trinajstić information content (AvgIpc) is 2.63. The first-order chi connectivity index (χ1) is 12.6. The minimum absolute atomic E-state index is 0.0450. The third-order valence-electron chi connectivity index (χ3n) is 3.58. The first kappa shape index (κ1) is 18.0. The van der Waals surface area contributed by atoms with Crippen molar-refractivity contribution in [1.82, 2.24) is 4.98 Å². The number of carbonyl (C=O) groups is 1. The van der Waals surface area contributed by atoms with Crippen LogP contribution in [-0.4, -0.2) is 29.8 Å². The average molecular weight is 418 g/mol. The molecule has 1 N–H and O–H groups in total. The maximum absolute atomic E-state index is 10.5. The van der Waals surface area contributed by atoms with Crippen LogP contribution in [0.3, 0.4) is 0 Å². The third kappa shape index (κ3) is 4.23. The van der Waals surface area contributed by atoms with Crippen LogP contribution in [0.1, 0.15) is 6.42 Å². The summed E-state index contributed by atoms with van der Waals surface area (Å²) < 4.78 is 17.4. The van der Waals surface area contributed by atoms with Gasteiger partial charge in [-0.25, -0.2) is 4.98 Å². The lowest BCUT2D eigenvalue weighted by Gasteiger charge is -2.10. The predicted molar refractivity (Wildman–Crippen MR) is 100 cm³/mol. The van der Waals surface area contributed by atoms with E-state index in [0.29, 0.717) is 28.6 Å². The molecule has 0 aliphatic carbocycles. The van der Waals surface area contributed by atoms with Gasteiger partial charge in [0.2, 0.25) is 5.88 Å². The number of ether oxygens (including phenoxy) is 3. The van der Waals surface area contributed by atoms with Crippen molar-refractivity contribution in [3.8, 4) is 23.1 Å². The number of aromatic nitrogens is 1. The van der Waals surface area contributed by atoms with Crippen molar-refractivity contribution < 1.29 is 24.1 Å². The van der Waals surface area contributed by atoms with Crippen LogP contribution in [0.2, 0.25) is 0 Å². The molecule has 26 heavy (non-hydrogen) atoms. The summed E-state index contributed by atoms with van der Waals surface area (Å²) in [4.78, 5) is 15.0. The van der Waals surface area contributed by atoms with Gasteiger partial charge < -0.3 is 19.3 Å². The van der Waals surface area contributed by atoms with Gasteiger partial charge in [0.25, 0.3) is 0 Å². The highest BCUT2D eigenvalue weighted by molar-refractivity contribution is 9.10. The number of nitrogens with zero attached hydrogens (tertiary/aromatic N) is 1. The second-order valence-electron chi connectivity index (χ2n) is 5.37. The lowest BCUT2D eigenvalue weighted by atomic mass is 10.2. The summed E-state index contributed by atoms with van der Waals surface area (Å²) in [5, 5.41) is 9.55.